The maximum Gasteiger partial charge on any atom is 0.309 e. The maximum atomic E-state index is 10.5. The van der Waals surface area contributed by atoms with Crippen molar-refractivity contribution in [2.45, 2.75) is 13.3 Å². The number of rotatable bonds is 3. The molecular weight excluding hydrogens is 286 g/mol. The van der Waals surface area contributed by atoms with Crippen molar-refractivity contribution in [3.63, 3.8) is 0 Å². The highest BCUT2D eigenvalue weighted by Crippen LogP contribution is 2.18. The fourth-order valence-electron chi connectivity index (χ4n) is 1.53. The molecule has 0 saturated carbocycles. The summed E-state index contributed by atoms with van der Waals surface area (Å²) in [5.41, 5.74) is 2.36. The third-order valence-corrected chi connectivity index (χ3v) is 2.77. The fourth-order valence-corrected chi connectivity index (χ4v) is 2.00. The molecule has 0 aliphatic rings. The molecule has 0 bridgehead atoms. The van der Waals surface area contributed by atoms with Crippen LogP contribution in [0, 0.1) is 6.92 Å². The normalized spacial score (nSPS) is 10.5. The van der Waals surface area contributed by atoms with Gasteiger partial charge in [0.2, 0.25) is 0 Å². The van der Waals surface area contributed by atoms with Crippen LogP contribution in [0.15, 0.2) is 28.9 Å². The van der Waals surface area contributed by atoms with E-state index in [1.54, 1.807) is 10.9 Å². The van der Waals surface area contributed by atoms with Gasteiger partial charge in [-0.25, -0.2) is 4.68 Å². The van der Waals surface area contributed by atoms with Crippen LogP contribution in [0.25, 0.3) is 5.69 Å². The molecule has 1 heterocycles. The summed E-state index contributed by atoms with van der Waals surface area (Å²) in [5.74, 6) is -0.912. The third kappa shape index (κ3) is 2.71. The molecule has 1 aromatic heterocycles. The van der Waals surface area contributed by atoms with Crippen molar-refractivity contribution >= 4 is 21.9 Å². The van der Waals surface area contributed by atoms with Gasteiger partial charge in [-0.1, -0.05) is 21.1 Å². The summed E-state index contributed by atoms with van der Waals surface area (Å²) in [6.45, 7) is 1.96. The summed E-state index contributed by atoms with van der Waals surface area (Å²) >= 11 is 3.38. The first-order chi connectivity index (χ1) is 8.06. The summed E-state index contributed by atoms with van der Waals surface area (Å²) in [6, 6.07) is 5.77. The average molecular weight is 296 g/mol. The molecule has 0 radical (unpaired) electrons. The van der Waals surface area contributed by atoms with E-state index in [-0.39, 0.29) is 6.42 Å². The quantitative estimate of drug-likeness (QED) is 0.940. The number of hydrogen-bond donors (Lipinski definition) is 1. The Morgan fingerprint density at radius 3 is 2.94 bits per heavy atom. The number of hydrogen-bond acceptors (Lipinski definition) is 3. The molecule has 17 heavy (non-hydrogen) atoms. The number of halogens is 1. The number of carboxylic acids is 1. The lowest BCUT2D eigenvalue weighted by Crippen LogP contribution is -2.00. The largest absolute Gasteiger partial charge is 0.481 e. The first-order valence-corrected chi connectivity index (χ1v) is 5.75. The van der Waals surface area contributed by atoms with E-state index >= 15 is 0 Å². The Morgan fingerprint density at radius 2 is 2.29 bits per heavy atom. The summed E-state index contributed by atoms with van der Waals surface area (Å²) in [7, 11) is 0. The summed E-state index contributed by atoms with van der Waals surface area (Å²) < 4.78 is 2.57. The number of carbonyl (C=O) groups is 1. The Labute approximate surface area is 106 Å². The SMILES string of the molecule is Cc1cc(Br)ccc1-n1cc(CC(=O)O)nn1. The first kappa shape index (κ1) is 11.8. The number of carboxylic acid groups (broad SMARTS) is 1. The summed E-state index contributed by atoms with van der Waals surface area (Å²) in [4.78, 5) is 10.5. The molecule has 2 aromatic rings. The highest BCUT2D eigenvalue weighted by molar-refractivity contribution is 9.10. The zero-order valence-corrected chi connectivity index (χ0v) is 10.7. The number of aromatic nitrogens is 3. The Hall–Kier alpha value is -1.69. The lowest BCUT2D eigenvalue weighted by molar-refractivity contribution is -0.136. The van der Waals surface area contributed by atoms with Gasteiger partial charge in [0.1, 0.15) is 0 Å². The van der Waals surface area contributed by atoms with Crippen LogP contribution in [0.3, 0.4) is 0 Å². The molecule has 1 aromatic carbocycles. The van der Waals surface area contributed by atoms with Crippen LogP contribution < -0.4 is 0 Å². The molecule has 6 heteroatoms. The minimum atomic E-state index is -0.912. The van der Waals surface area contributed by atoms with Crippen molar-refractivity contribution in [3.8, 4) is 5.69 Å². The van der Waals surface area contributed by atoms with Crippen LogP contribution in [-0.4, -0.2) is 26.1 Å². The predicted molar refractivity (Wildman–Crippen MR) is 65.1 cm³/mol. The Kier molecular flexibility index (Phi) is 3.23. The predicted octanol–water partition coefficient (Wildman–Crippen LogP) is 1.97. The Balaban J connectivity index is 2.33. The molecule has 2 rings (SSSR count). The van der Waals surface area contributed by atoms with Gasteiger partial charge in [-0.2, -0.15) is 0 Å². The van der Waals surface area contributed by atoms with Gasteiger partial charge < -0.3 is 5.11 Å². The molecular formula is C11H10BrN3O2. The van der Waals surface area contributed by atoms with Gasteiger partial charge in [-0.3, -0.25) is 4.79 Å². The van der Waals surface area contributed by atoms with Gasteiger partial charge in [-0.05, 0) is 30.7 Å². The Morgan fingerprint density at radius 1 is 1.53 bits per heavy atom. The molecule has 88 valence electrons. The first-order valence-electron chi connectivity index (χ1n) is 4.96. The van der Waals surface area contributed by atoms with Crippen molar-refractivity contribution in [3.05, 3.63) is 40.1 Å². The van der Waals surface area contributed by atoms with Crippen LogP contribution in [0.5, 0.6) is 0 Å². The number of nitrogens with zero attached hydrogens (tertiary/aromatic N) is 3. The third-order valence-electron chi connectivity index (χ3n) is 2.28. The van der Waals surface area contributed by atoms with Crippen LogP contribution in [0.2, 0.25) is 0 Å². The second-order valence-electron chi connectivity index (χ2n) is 3.66. The second-order valence-corrected chi connectivity index (χ2v) is 4.57. The van der Waals surface area contributed by atoms with Crippen molar-refractivity contribution in [1.29, 1.82) is 0 Å². The van der Waals surface area contributed by atoms with Gasteiger partial charge in [0.15, 0.2) is 0 Å². The van der Waals surface area contributed by atoms with Gasteiger partial charge in [0.05, 0.1) is 24.0 Å². The fraction of sp³-hybridized carbons (Fsp3) is 0.182. The standard InChI is InChI=1S/C11H10BrN3O2/c1-7-4-8(12)2-3-10(7)15-6-9(13-14-15)5-11(16)17/h2-4,6H,5H2,1H3,(H,16,17). The van der Waals surface area contributed by atoms with Gasteiger partial charge in [-0.15, -0.1) is 5.10 Å². The van der Waals surface area contributed by atoms with Crippen molar-refractivity contribution in [2.75, 3.05) is 0 Å². The van der Waals surface area contributed by atoms with Crippen LogP contribution in [0.1, 0.15) is 11.3 Å². The number of benzene rings is 1. The maximum absolute atomic E-state index is 10.5. The van der Waals surface area contributed by atoms with Gasteiger partial charge in [0, 0.05) is 4.47 Å². The molecule has 0 unspecified atom stereocenters. The van der Waals surface area contributed by atoms with E-state index in [2.05, 4.69) is 26.2 Å². The van der Waals surface area contributed by atoms with E-state index in [0.29, 0.717) is 5.69 Å². The zero-order chi connectivity index (χ0) is 12.4. The molecule has 0 spiro atoms. The minimum absolute atomic E-state index is 0.116. The van der Waals surface area contributed by atoms with Gasteiger partial charge >= 0.3 is 5.97 Å². The minimum Gasteiger partial charge on any atom is -0.481 e. The number of aryl methyl sites for hydroxylation is 1. The smallest absolute Gasteiger partial charge is 0.309 e. The summed E-state index contributed by atoms with van der Waals surface area (Å²) in [6.07, 6.45) is 1.51. The molecule has 0 fully saturated rings. The topological polar surface area (TPSA) is 68.0 Å². The van der Waals surface area contributed by atoms with Crippen molar-refractivity contribution < 1.29 is 9.90 Å². The monoisotopic (exact) mass is 295 g/mol. The number of aliphatic carboxylic acids is 1. The van der Waals surface area contributed by atoms with Crippen LogP contribution >= 0.6 is 15.9 Å². The lowest BCUT2D eigenvalue weighted by atomic mass is 10.2. The highest BCUT2D eigenvalue weighted by Gasteiger charge is 2.08. The molecule has 0 atom stereocenters. The summed E-state index contributed by atoms with van der Waals surface area (Å²) in [5, 5.41) is 16.4. The van der Waals surface area contributed by atoms with E-state index < -0.39 is 5.97 Å². The molecule has 5 nitrogen and oxygen atoms in total. The van der Waals surface area contributed by atoms with E-state index in [4.69, 9.17) is 5.11 Å². The molecule has 0 saturated heterocycles. The molecule has 0 aliphatic heterocycles. The van der Waals surface area contributed by atoms with E-state index in [1.165, 1.54) is 0 Å². The average Bonchev–Trinajstić information content (AvgIpc) is 2.65. The van der Waals surface area contributed by atoms with Crippen LogP contribution in [0.4, 0.5) is 0 Å². The molecule has 0 amide bonds. The van der Waals surface area contributed by atoms with E-state index in [9.17, 15) is 4.79 Å². The molecule has 1 N–H and O–H groups in total. The second kappa shape index (κ2) is 4.67. The Bertz CT molecular complexity index is 566. The lowest BCUT2D eigenvalue weighted by Gasteiger charge is -2.04. The zero-order valence-electron chi connectivity index (χ0n) is 9.09. The van der Waals surface area contributed by atoms with E-state index in [1.807, 2.05) is 25.1 Å². The molecule has 0 aliphatic carbocycles. The van der Waals surface area contributed by atoms with Crippen molar-refractivity contribution in [2.24, 2.45) is 0 Å². The van der Waals surface area contributed by atoms with Gasteiger partial charge in [0.25, 0.3) is 0 Å². The highest BCUT2D eigenvalue weighted by atomic mass is 79.9. The van der Waals surface area contributed by atoms with Crippen molar-refractivity contribution in [1.82, 2.24) is 15.0 Å². The van der Waals surface area contributed by atoms with E-state index in [0.717, 1.165) is 15.7 Å². The van der Waals surface area contributed by atoms with Crippen LogP contribution in [-0.2, 0) is 11.2 Å².